The van der Waals surface area contributed by atoms with E-state index in [0.717, 1.165) is 0 Å². The minimum atomic E-state index is -3.84. The van der Waals surface area contributed by atoms with Gasteiger partial charge in [0.1, 0.15) is 10.6 Å². The normalized spacial score (nSPS) is 14.6. The second-order valence-electron chi connectivity index (χ2n) is 6.47. The van der Waals surface area contributed by atoms with E-state index < -0.39 is 28.5 Å². The molecule has 1 heterocycles. The molecule has 0 spiro atoms. The van der Waals surface area contributed by atoms with Crippen LogP contribution in [0, 0.1) is 0 Å². The fourth-order valence-corrected chi connectivity index (χ4v) is 4.66. The van der Waals surface area contributed by atoms with E-state index in [4.69, 9.17) is 25.8 Å². The molecule has 1 amide bonds. The van der Waals surface area contributed by atoms with Gasteiger partial charge in [-0.05, 0) is 30.3 Å². The van der Waals surface area contributed by atoms with Gasteiger partial charge in [0.15, 0.2) is 13.2 Å². The number of carbonyl (C=O) groups is 2. The van der Waals surface area contributed by atoms with Crippen LogP contribution in [0.2, 0.25) is 5.02 Å². The van der Waals surface area contributed by atoms with Crippen LogP contribution in [-0.2, 0) is 29.1 Å². The molecule has 31 heavy (non-hydrogen) atoms. The van der Waals surface area contributed by atoms with Crippen molar-refractivity contribution in [2.45, 2.75) is 4.90 Å². The van der Waals surface area contributed by atoms with Crippen molar-refractivity contribution in [2.75, 3.05) is 44.8 Å². The molecular formula is C20H21ClN2O7S. The van der Waals surface area contributed by atoms with Gasteiger partial charge in [-0.2, -0.15) is 4.31 Å². The summed E-state index contributed by atoms with van der Waals surface area (Å²) < 4.78 is 42.2. The van der Waals surface area contributed by atoms with Crippen molar-refractivity contribution in [2.24, 2.45) is 0 Å². The third-order valence-electron chi connectivity index (χ3n) is 4.27. The average Bonchev–Trinajstić information content (AvgIpc) is 2.78. The Hall–Kier alpha value is -2.66. The standard InChI is InChI=1S/C20H21ClN2O7S/c21-17-7-6-15(12-18(17)31(26,27)23-8-10-28-11-9-23)22-19(24)13-30-20(25)14-29-16-4-2-1-3-5-16/h1-7,12H,8-11,13-14H2,(H,22,24). The number of anilines is 1. The summed E-state index contributed by atoms with van der Waals surface area (Å²) in [6.45, 7) is 0.136. The van der Waals surface area contributed by atoms with Crippen molar-refractivity contribution in [1.82, 2.24) is 4.31 Å². The molecule has 2 aromatic rings. The fraction of sp³-hybridized carbons (Fsp3) is 0.300. The van der Waals surface area contributed by atoms with Crippen LogP contribution in [-0.4, -0.2) is 64.1 Å². The first-order chi connectivity index (χ1) is 14.9. The van der Waals surface area contributed by atoms with E-state index in [-0.39, 0.29) is 35.3 Å². The molecule has 0 unspecified atom stereocenters. The smallest absolute Gasteiger partial charge is 0.344 e. The van der Waals surface area contributed by atoms with Gasteiger partial charge in [0.2, 0.25) is 10.0 Å². The number of halogens is 1. The summed E-state index contributed by atoms with van der Waals surface area (Å²) in [5, 5.41) is 2.53. The molecule has 0 aliphatic carbocycles. The maximum atomic E-state index is 12.8. The SMILES string of the molecule is O=C(COC(=O)COc1ccccc1)Nc1ccc(Cl)c(S(=O)(=O)N2CCOCC2)c1. The van der Waals surface area contributed by atoms with Crippen molar-refractivity contribution in [3.05, 3.63) is 53.6 Å². The van der Waals surface area contributed by atoms with Gasteiger partial charge in [-0.25, -0.2) is 13.2 Å². The number of nitrogens with one attached hydrogen (secondary N) is 1. The molecule has 0 radical (unpaired) electrons. The zero-order chi connectivity index (χ0) is 22.3. The van der Waals surface area contributed by atoms with Gasteiger partial charge in [-0.3, -0.25) is 4.79 Å². The lowest BCUT2D eigenvalue weighted by Gasteiger charge is -2.26. The predicted molar refractivity (Wildman–Crippen MR) is 113 cm³/mol. The van der Waals surface area contributed by atoms with Crippen molar-refractivity contribution in [3.63, 3.8) is 0 Å². The van der Waals surface area contributed by atoms with E-state index in [1.165, 1.54) is 22.5 Å². The molecule has 9 nitrogen and oxygen atoms in total. The number of ether oxygens (including phenoxy) is 3. The van der Waals surface area contributed by atoms with Crippen LogP contribution in [0.4, 0.5) is 5.69 Å². The third-order valence-corrected chi connectivity index (χ3v) is 6.65. The summed E-state index contributed by atoms with van der Waals surface area (Å²) >= 11 is 6.09. The predicted octanol–water partition coefficient (Wildman–Crippen LogP) is 1.92. The molecule has 166 valence electrons. The molecular weight excluding hydrogens is 448 g/mol. The minimum Gasteiger partial charge on any atom is -0.482 e. The van der Waals surface area contributed by atoms with E-state index in [0.29, 0.717) is 19.0 Å². The summed E-state index contributed by atoms with van der Waals surface area (Å²) in [6, 6.07) is 12.8. The lowest BCUT2D eigenvalue weighted by molar-refractivity contribution is -0.149. The summed E-state index contributed by atoms with van der Waals surface area (Å²) in [4.78, 5) is 23.7. The van der Waals surface area contributed by atoms with E-state index in [2.05, 4.69) is 5.32 Å². The zero-order valence-corrected chi connectivity index (χ0v) is 18.0. The van der Waals surface area contributed by atoms with Crippen molar-refractivity contribution in [1.29, 1.82) is 0 Å². The zero-order valence-electron chi connectivity index (χ0n) is 16.5. The first-order valence-corrected chi connectivity index (χ1v) is 11.2. The highest BCUT2D eigenvalue weighted by atomic mass is 35.5. The number of rotatable bonds is 8. The second kappa shape index (κ2) is 10.6. The Labute approximate surface area is 184 Å². The molecule has 2 aromatic carbocycles. The molecule has 0 saturated carbocycles. The maximum Gasteiger partial charge on any atom is 0.344 e. The number of hydrogen-bond donors (Lipinski definition) is 1. The monoisotopic (exact) mass is 468 g/mol. The molecule has 3 rings (SSSR count). The topological polar surface area (TPSA) is 111 Å². The maximum absolute atomic E-state index is 12.8. The highest BCUT2D eigenvalue weighted by molar-refractivity contribution is 7.89. The summed E-state index contributed by atoms with van der Waals surface area (Å²) in [5.41, 5.74) is 0.206. The van der Waals surface area contributed by atoms with Crippen LogP contribution in [0.15, 0.2) is 53.4 Å². The molecule has 1 N–H and O–H groups in total. The van der Waals surface area contributed by atoms with E-state index in [1.54, 1.807) is 24.3 Å². The third kappa shape index (κ3) is 6.41. The highest BCUT2D eigenvalue weighted by Gasteiger charge is 2.28. The van der Waals surface area contributed by atoms with Gasteiger partial charge < -0.3 is 19.5 Å². The second-order valence-corrected chi connectivity index (χ2v) is 8.79. The lowest BCUT2D eigenvalue weighted by Crippen LogP contribution is -2.40. The summed E-state index contributed by atoms with van der Waals surface area (Å²) in [5.74, 6) is -0.852. The molecule has 1 aliphatic heterocycles. The number of para-hydroxylation sites is 1. The molecule has 0 aromatic heterocycles. The van der Waals surface area contributed by atoms with Crippen molar-refractivity contribution >= 4 is 39.2 Å². The van der Waals surface area contributed by atoms with Crippen LogP contribution in [0.3, 0.4) is 0 Å². The van der Waals surface area contributed by atoms with Crippen molar-refractivity contribution in [3.8, 4) is 5.75 Å². The van der Waals surface area contributed by atoms with Gasteiger partial charge in [0, 0.05) is 18.8 Å². The number of amides is 1. The number of nitrogens with zero attached hydrogens (tertiary/aromatic N) is 1. The number of sulfonamides is 1. The highest BCUT2D eigenvalue weighted by Crippen LogP contribution is 2.28. The van der Waals surface area contributed by atoms with Gasteiger partial charge in [0.05, 0.1) is 18.2 Å². The Morgan fingerprint density at radius 1 is 1.06 bits per heavy atom. The van der Waals surface area contributed by atoms with Gasteiger partial charge in [-0.15, -0.1) is 0 Å². The number of carbonyl (C=O) groups excluding carboxylic acids is 2. The number of morpholine rings is 1. The Morgan fingerprint density at radius 3 is 2.48 bits per heavy atom. The Bertz CT molecular complexity index is 1030. The van der Waals surface area contributed by atoms with Crippen LogP contribution < -0.4 is 10.1 Å². The molecule has 1 aliphatic rings. The number of esters is 1. The molecule has 11 heteroatoms. The Kier molecular flexibility index (Phi) is 7.85. The van der Waals surface area contributed by atoms with E-state index in [1.807, 2.05) is 6.07 Å². The van der Waals surface area contributed by atoms with Gasteiger partial charge in [0.25, 0.3) is 5.91 Å². The van der Waals surface area contributed by atoms with E-state index >= 15 is 0 Å². The van der Waals surface area contributed by atoms with E-state index in [9.17, 15) is 18.0 Å². The number of hydrogen-bond acceptors (Lipinski definition) is 7. The molecule has 0 atom stereocenters. The Balaban J connectivity index is 1.55. The average molecular weight is 469 g/mol. The van der Waals surface area contributed by atoms with Crippen LogP contribution in [0.1, 0.15) is 0 Å². The Morgan fingerprint density at radius 2 is 1.77 bits per heavy atom. The number of benzene rings is 2. The molecule has 1 fully saturated rings. The van der Waals surface area contributed by atoms with Crippen molar-refractivity contribution < 1.29 is 32.2 Å². The van der Waals surface area contributed by atoms with Crippen LogP contribution >= 0.6 is 11.6 Å². The van der Waals surface area contributed by atoms with Crippen LogP contribution in [0.5, 0.6) is 5.75 Å². The first kappa shape index (κ1) is 23.0. The summed E-state index contributed by atoms with van der Waals surface area (Å²) in [6.07, 6.45) is 0. The largest absolute Gasteiger partial charge is 0.482 e. The van der Waals surface area contributed by atoms with Gasteiger partial charge in [-0.1, -0.05) is 29.8 Å². The quantitative estimate of drug-likeness (QED) is 0.589. The molecule has 0 bridgehead atoms. The minimum absolute atomic E-state index is 0.0361. The molecule has 1 saturated heterocycles. The first-order valence-electron chi connectivity index (χ1n) is 9.37. The van der Waals surface area contributed by atoms with Gasteiger partial charge >= 0.3 is 5.97 Å². The van der Waals surface area contributed by atoms with Crippen LogP contribution in [0.25, 0.3) is 0 Å². The fourth-order valence-electron chi connectivity index (χ4n) is 2.75. The lowest BCUT2D eigenvalue weighted by atomic mass is 10.3. The summed E-state index contributed by atoms with van der Waals surface area (Å²) in [7, 11) is -3.84.